The molecule has 0 saturated carbocycles. The zero-order valence-corrected chi connectivity index (χ0v) is 71.1. The SMILES string of the molecule is CCC(C(C)=O)C(=O)[O-].CCC(C(C)=O)C(=O)[O-].CCC(C(C)=O)C(=O)[O-].CCCCCCCCCC(CCCCCCCCC)(C(C)=O)C(=O)[O-].CCCCCCCCCC(CCCCCCCCC)(C(C)=O)C(=O)[O-].CCCCCCCCCC(CCCCCCCCC)(C(C)=O)C(=O)[O-].[Al+3].[Al+3]. The van der Waals surface area contributed by atoms with Crippen LogP contribution in [-0.4, -0.2) is 105 Å². The number of carboxylic acid groups (broad SMARTS) is 6. The minimum Gasteiger partial charge on any atom is -0.549 e. The predicted octanol–water partition coefficient (Wildman–Crippen LogP) is 14.1. The molecule has 0 heterocycles. The second-order valence-electron chi connectivity index (χ2n) is 28.7. The Kier molecular flexibility index (Phi) is 87.3. The standard InChI is InChI=1S/3C22H42O3.3C6H10O3.2Al/c3*1-4-6-8-10-12-14-16-18-22(20(3)23,21(24)25)19-17-15-13-11-9-7-5-2;3*1-3-5(4(2)7)6(8)9;;/h3*4-19H2,1-3H3,(H,24,25);3*5H,3H2,1-2H3,(H,8,9);;/q;;;;;;2*+3/p-6. The first-order valence-corrected chi connectivity index (χ1v) is 40.6. The Morgan fingerprint density at radius 2 is 0.327 bits per heavy atom. The van der Waals surface area contributed by atoms with Crippen molar-refractivity contribution >= 4 is 105 Å². The molecule has 0 rings (SSSR count). The van der Waals surface area contributed by atoms with Crippen LogP contribution in [0.5, 0.6) is 0 Å². The van der Waals surface area contributed by atoms with Crippen LogP contribution in [0.3, 0.4) is 0 Å². The Bertz CT molecular complexity index is 1820. The first-order chi connectivity index (χ1) is 48.3. The number of hydrogen-bond donors (Lipinski definition) is 0. The van der Waals surface area contributed by atoms with E-state index in [1.807, 2.05) is 0 Å². The third-order valence-corrected chi connectivity index (χ3v) is 20.0. The molecule has 0 aromatic carbocycles. The van der Waals surface area contributed by atoms with Crippen LogP contribution in [0.4, 0.5) is 0 Å². The summed E-state index contributed by atoms with van der Waals surface area (Å²) in [7, 11) is 0. The smallest absolute Gasteiger partial charge is 0.549 e. The van der Waals surface area contributed by atoms with Gasteiger partial charge in [-0.25, -0.2) is 0 Å². The van der Waals surface area contributed by atoms with Crippen molar-refractivity contribution in [2.45, 2.75) is 431 Å². The van der Waals surface area contributed by atoms with Crippen LogP contribution in [0.1, 0.15) is 431 Å². The second-order valence-corrected chi connectivity index (χ2v) is 28.7. The molecule has 0 fully saturated rings. The van der Waals surface area contributed by atoms with Gasteiger partial charge < -0.3 is 59.4 Å². The fraction of sp³-hybridized carbons (Fsp3) is 0.857. The van der Waals surface area contributed by atoms with Gasteiger partial charge in [-0.3, -0.25) is 28.8 Å². The van der Waals surface area contributed by atoms with Gasteiger partial charge in [-0.1, -0.05) is 332 Å². The molecule has 0 spiro atoms. The van der Waals surface area contributed by atoms with Gasteiger partial charge in [0.25, 0.3) is 0 Å². The van der Waals surface area contributed by atoms with Crippen molar-refractivity contribution in [3.8, 4) is 0 Å². The number of carbonyl (C=O) groups is 12. The largest absolute Gasteiger partial charge is 3.00 e. The van der Waals surface area contributed by atoms with Crippen molar-refractivity contribution in [3.63, 3.8) is 0 Å². The Morgan fingerprint density at radius 3 is 0.394 bits per heavy atom. The number of rotatable bonds is 63. The number of Topliss-reactive ketones (excluding diaryl/α,β-unsaturated/α-hetero) is 6. The minimum absolute atomic E-state index is 0. The Hall–Kier alpha value is -4.10. The predicted molar refractivity (Wildman–Crippen MR) is 410 cm³/mol. The van der Waals surface area contributed by atoms with Crippen molar-refractivity contribution in [2.24, 2.45) is 34.0 Å². The molecule has 0 radical (unpaired) electrons. The van der Waals surface area contributed by atoms with Crippen LogP contribution in [0.2, 0.25) is 0 Å². The second kappa shape index (κ2) is 78.5. The van der Waals surface area contributed by atoms with Gasteiger partial charge in [0.15, 0.2) is 0 Å². The van der Waals surface area contributed by atoms with Crippen LogP contribution >= 0.6 is 0 Å². The minimum atomic E-state index is -1.27. The summed E-state index contributed by atoms with van der Waals surface area (Å²) in [6.45, 7) is 26.2. The molecule has 0 aromatic rings. The molecule has 3 unspecified atom stereocenters. The summed E-state index contributed by atoms with van der Waals surface area (Å²) in [6, 6.07) is 0. The van der Waals surface area contributed by atoms with E-state index in [0.29, 0.717) is 57.8 Å². The molecule has 20 heteroatoms. The van der Waals surface area contributed by atoms with Crippen molar-refractivity contribution in [1.29, 1.82) is 0 Å². The van der Waals surface area contributed by atoms with E-state index in [-0.39, 0.29) is 69.4 Å². The molecule has 0 bridgehead atoms. The van der Waals surface area contributed by atoms with Crippen LogP contribution in [0, 0.1) is 34.0 Å². The van der Waals surface area contributed by atoms with Crippen LogP contribution < -0.4 is 30.6 Å². The van der Waals surface area contributed by atoms with Crippen molar-refractivity contribution in [3.05, 3.63) is 0 Å². The summed E-state index contributed by atoms with van der Waals surface area (Å²) in [4.78, 5) is 133. The average molecular weight is 1500 g/mol. The summed E-state index contributed by atoms with van der Waals surface area (Å²) in [5.74, 6) is -11.7. The first-order valence-electron chi connectivity index (χ1n) is 40.6. The van der Waals surface area contributed by atoms with Gasteiger partial charge in [-0.2, -0.15) is 0 Å². The fourth-order valence-corrected chi connectivity index (χ4v) is 12.6. The number of hydrogen-bond acceptors (Lipinski definition) is 18. The summed E-state index contributed by atoms with van der Waals surface area (Å²) in [5.41, 5.74) is -3.73. The van der Waals surface area contributed by atoms with E-state index >= 15 is 0 Å². The third kappa shape index (κ3) is 61.9. The van der Waals surface area contributed by atoms with Gasteiger partial charge in [-0.05, 0) is 99.3 Å². The van der Waals surface area contributed by atoms with Crippen molar-refractivity contribution < 1.29 is 88.2 Å². The van der Waals surface area contributed by atoms with Crippen molar-refractivity contribution in [1.82, 2.24) is 0 Å². The fourth-order valence-electron chi connectivity index (χ4n) is 12.6. The van der Waals surface area contributed by atoms with Gasteiger partial charge >= 0.3 is 34.7 Å². The number of carbonyl (C=O) groups excluding carboxylic acids is 12. The van der Waals surface area contributed by atoms with Crippen molar-refractivity contribution in [2.75, 3.05) is 0 Å². The molecule has 0 saturated heterocycles. The number of carboxylic acids is 6. The molecule has 0 aliphatic heterocycles. The first kappa shape index (κ1) is 116. The molecule has 0 aliphatic rings. The number of unbranched alkanes of at least 4 members (excludes halogenated alkanes) is 36. The van der Waals surface area contributed by atoms with Crippen LogP contribution in [0.15, 0.2) is 0 Å². The number of aliphatic carboxylic acids is 6. The zero-order chi connectivity index (χ0) is 79.2. The molecule has 600 valence electrons. The third-order valence-electron chi connectivity index (χ3n) is 20.0. The van der Waals surface area contributed by atoms with E-state index in [4.69, 9.17) is 0 Å². The maximum atomic E-state index is 12.1. The van der Waals surface area contributed by atoms with Crippen LogP contribution in [0.25, 0.3) is 0 Å². The maximum absolute atomic E-state index is 12.1. The van der Waals surface area contributed by atoms with E-state index < -0.39 is 69.8 Å². The Morgan fingerprint density at radius 1 is 0.212 bits per heavy atom. The summed E-state index contributed by atoms with van der Waals surface area (Å²) in [5, 5.41) is 65.3. The molecule has 0 amide bonds. The molecular formula is C84H150Al2O18. The van der Waals surface area contributed by atoms with Crippen LogP contribution in [-0.2, 0) is 57.5 Å². The average Bonchev–Trinajstić information content (AvgIpc) is 0.843. The summed E-state index contributed by atoms with van der Waals surface area (Å²) >= 11 is 0. The number of ketones is 6. The van der Waals surface area contributed by atoms with Gasteiger partial charge in [-0.15, -0.1) is 0 Å². The molecule has 3 atom stereocenters. The molecule has 18 nitrogen and oxygen atoms in total. The quantitative estimate of drug-likeness (QED) is 0.0310. The van der Waals surface area contributed by atoms with E-state index in [1.165, 1.54) is 196 Å². The normalized spacial score (nSPS) is 11.7. The van der Waals surface area contributed by atoms with E-state index in [0.717, 1.165) is 116 Å². The van der Waals surface area contributed by atoms with Gasteiger partial charge in [0.2, 0.25) is 0 Å². The molecular weight excluding hydrogens is 1350 g/mol. The van der Waals surface area contributed by atoms with Gasteiger partial charge in [0.05, 0.1) is 69.8 Å². The topological polar surface area (TPSA) is 343 Å². The summed E-state index contributed by atoms with van der Waals surface area (Å²) in [6.07, 6.45) is 51.3. The monoisotopic (exact) mass is 1500 g/mol. The molecule has 0 N–H and O–H groups in total. The summed E-state index contributed by atoms with van der Waals surface area (Å²) < 4.78 is 0. The van der Waals surface area contributed by atoms with E-state index in [9.17, 15) is 88.2 Å². The van der Waals surface area contributed by atoms with E-state index in [2.05, 4.69) is 41.5 Å². The Labute approximate surface area is 655 Å². The molecule has 104 heavy (non-hydrogen) atoms. The van der Waals surface area contributed by atoms with Gasteiger partial charge in [0.1, 0.15) is 34.7 Å². The van der Waals surface area contributed by atoms with E-state index in [1.54, 1.807) is 20.8 Å². The Balaban J connectivity index is -0.000000186. The maximum Gasteiger partial charge on any atom is 3.00 e. The molecule has 0 aromatic heterocycles. The zero-order valence-electron chi connectivity index (χ0n) is 68.8. The van der Waals surface area contributed by atoms with Gasteiger partial charge in [0, 0.05) is 0 Å². The molecule has 0 aliphatic carbocycles.